The van der Waals surface area contributed by atoms with E-state index in [-0.39, 0.29) is 67.7 Å². The highest BCUT2D eigenvalue weighted by Crippen LogP contribution is 2.29. The molecule has 2 aliphatic heterocycles. The fourth-order valence-corrected chi connectivity index (χ4v) is 9.54. The van der Waals surface area contributed by atoms with E-state index in [1.807, 2.05) is 109 Å². The maximum absolute atomic E-state index is 14.2. The Hall–Kier alpha value is -6.96. The average Bonchev–Trinajstić information content (AvgIpc) is 3.98. The molecule has 6 atom stereocenters. The Kier molecular flexibility index (Phi) is 19.4. The number of hydrogen-bond donors (Lipinski definition) is 8. The Balaban J connectivity index is 1.02. The molecular formula is C56H70N8O6. The van der Waals surface area contributed by atoms with Crippen molar-refractivity contribution < 1.29 is 28.8 Å². The molecule has 14 heteroatoms. The van der Waals surface area contributed by atoms with Crippen molar-refractivity contribution in [1.82, 2.24) is 42.2 Å². The van der Waals surface area contributed by atoms with Gasteiger partial charge >= 0.3 is 0 Å². The quantitative estimate of drug-likeness (QED) is 0.105. The summed E-state index contributed by atoms with van der Waals surface area (Å²) in [6.45, 7) is 0.819. The van der Waals surface area contributed by atoms with Crippen molar-refractivity contribution in [2.75, 3.05) is 13.1 Å². The van der Waals surface area contributed by atoms with Crippen LogP contribution in [0.15, 0.2) is 127 Å². The standard InChI is InChI=1S/C56H70N8O6/c65-51-29-13-3-1-5-19-31-57-53(67)49(35-41-37-59-45-27-17-15-25-43(41)45)63-56(70)48(34-40-23-11-8-12-24-40)62-52(66)30-14-4-2-6-20-32-58-54(68)50(36-42-38-60-46-28-18-16-26-44(42)46)64-55(69)47(61-51)33-39-21-9-7-10-22-39/h7-12,15-18,21-28,37-38,43,45,47-50,59-60H,1-6,13-14,19-20,29-36H2,(H,57,67)(H,58,68)(H,61,65)(H,62,66)(H,63,70)(H,64,69). The number of carbonyl (C=O) groups excluding carboxylic acids is 6. The number of para-hydroxylation sites is 1. The van der Waals surface area contributed by atoms with Crippen LogP contribution in [0.1, 0.15) is 100 Å². The van der Waals surface area contributed by atoms with E-state index >= 15 is 0 Å². The Bertz CT molecular complexity index is 2470. The van der Waals surface area contributed by atoms with Gasteiger partial charge in [0.2, 0.25) is 35.4 Å². The highest BCUT2D eigenvalue weighted by Gasteiger charge is 2.33. The van der Waals surface area contributed by atoms with Crippen LogP contribution in [0.2, 0.25) is 0 Å². The molecule has 0 saturated carbocycles. The normalized spacial score (nSPS) is 24.4. The lowest BCUT2D eigenvalue weighted by Crippen LogP contribution is -2.55. The van der Waals surface area contributed by atoms with Crippen LogP contribution < -0.4 is 37.2 Å². The summed E-state index contributed by atoms with van der Waals surface area (Å²) < 4.78 is 0. The van der Waals surface area contributed by atoms with E-state index in [4.69, 9.17) is 0 Å². The Labute approximate surface area is 411 Å². The van der Waals surface area contributed by atoms with Crippen LogP contribution in [0.25, 0.3) is 10.9 Å². The summed E-state index contributed by atoms with van der Waals surface area (Å²) in [4.78, 5) is 86.4. The van der Waals surface area contributed by atoms with E-state index in [2.05, 4.69) is 54.4 Å². The lowest BCUT2D eigenvalue weighted by Gasteiger charge is -2.25. The number of H-pyrrole nitrogens is 1. The minimum atomic E-state index is -0.902. The number of amides is 6. The fourth-order valence-electron chi connectivity index (χ4n) is 9.54. The summed E-state index contributed by atoms with van der Waals surface area (Å²) in [6.07, 6.45) is 21.1. The molecule has 370 valence electrons. The molecule has 3 heterocycles. The SMILES string of the molecule is O=C1CCCCCCCNC(=O)C(Cc2c[nH]c3ccccc23)NC(=O)C(Cc2ccccc2)NC(=O)CCCCCCCNC(=O)C(CC2=CNC3C=CC=CC23)NC(=O)C(Cc2ccccc2)N1. The summed E-state index contributed by atoms with van der Waals surface area (Å²) >= 11 is 0. The van der Waals surface area contributed by atoms with E-state index in [1.165, 1.54) is 0 Å². The third-order valence-corrected chi connectivity index (χ3v) is 13.5. The second kappa shape index (κ2) is 26.7. The number of carbonyl (C=O) groups is 6. The number of rotatable bonds is 8. The molecule has 6 amide bonds. The molecule has 3 aliphatic rings. The second-order valence-electron chi connectivity index (χ2n) is 18.8. The highest BCUT2D eigenvalue weighted by atomic mass is 16.2. The first-order chi connectivity index (χ1) is 34.2. The second-order valence-corrected chi connectivity index (χ2v) is 18.8. The Morgan fingerprint density at radius 2 is 0.943 bits per heavy atom. The van der Waals surface area contributed by atoms with Crippen molar-refractivity contribution in [3.8, 4) is 0 Å². The number of aromatic amines is 1. The lowest BCUT2D eigenvalue weighted by atomic mass is 9.87. The van der Waals surface area contributed by atoms with E-state index in [1.54, 1.807) is 0 Å². The fraction of sp³-hybridized carbons (Fsp3) is 0.429. The Morgan fingerprint density at radius 3 is 1.53 bits per heavy atom. The molecular weight excluding hydrogens is 881 g/mol. The first-order valence-corrected chi connectivity index (χ1v) is 25.4. The van der Waals surface area contributed by atoms with Gasteiger partial charge in [-0.05, 0) is 66.6 Å². The summed E-state index contributed by atoms with van der Waals surface area (Å²) in [5, 5.41) is 22.5. The molecule has 4 aromatic rings. The average molecular weight is 951 g/mol. The summed E-state index contributed by atoms with van der Waals surface area (Å²) in [7, 11) is 0. The molecule has 1 aromatic heterocycles. The van der Waals surface area contributed by atoms with Gasteiger partial charge in [0.1, 0.15) is 24.2 Å². The van der Waals surface area contributed by atoms with Crippen LogP contribution in [0.3, 0.4) is 0 Å². The zero-order chi connectivity index (χ0) is 48.9. The van der Waals surface area contributed by atoms with Crippen LogP contribution in [0.4, 0.5) is 0 Å². The number of hydrogen-bond acceptors (Lipinski definition) is 7. The molecule has 3 aromatic carbocycles. The van der Waals surface area contributed by atoms with Gasteiger partial charge in [-0.3, -0.25) is 28.8 Å². The highest BCUT2D eigenvalue weighted by molar-refractivity contribution is 5.94. The third-order valence-electron chi connectivity index (χ3n) is 13.5. The molecule has 1 fully saturated rings. The zero-order valence-electron chi connectivity index (χ0n) is 40.2. The van der Waals surface area contributed by atoms with Crippen LogP contribution in [-0.4, -0.2) is 83.7 Å². The molecule has 8 N–H and O–H groups in total. The minimum absolute atomic E-state index is 0.0652. The maximum atomic E-state index is 14.2. The Morgan fingerprint density at radius 1 is 0.457 bits per heavy atom. The van der Waals surface area contributed by atoms with Crippen molar-refractivity contribution in [2.24, 2.45) is 5.92 Å². The third kappa shape index (κ3) is 15.5. The summed E-state index contributed by atoms with van der Waals surface area (Å²) in [5.74, 6) is -1.84. The van der Waals surface area contributed by atoms with Gasteiger partial charge in [-0.1, -0.05) is 142 Å². The van der Waals surface area contributed by atoms with Crippen molar-refractivity contribution in [1.29, 1.82) is 0 Å². The van der Waals surface area contributed by atoms with Gasteiger partial charge < -0.3 is 42.2 Å². The van der Waals surface area contributed by atoms with E-state index in [0.717, 1.165) is 71.7 Å². The predicted molar refractivity (Wildman–Crippen MR) is 273 cm³/mol. The van der Waals surface area contributed by atoms with Crippen LogP contribution in [0, 0.1) is 5.92 Å². The predicted octanol–water partition coefficient (Wildman–Crippen LogP) is 6.05. The monoisotopic (exact) mass is 951 g/mol. The van der Waals surface area contributed by atoms with Gasteiger partial charge in [-0.25, -0.2) is 0 Å². The molecule has 0 spiro atoms. The van der Waals surface area contributed by atoms with E-state index in [9.17, 15) is 28.8 Å². The smallest absolute Gasteiger partial charge is 0.243 e. The molecule has 70 heavy (non-hydrogen) atoms. The van der Waals surface area contributed by atoms with Gasteiger partial charge in [0, 0.05) is 68.2 Å². The van der Waals surface area contributed by atoms with Gasteiger partial charge in [0.05, 0.1) is 6.04 Å². The van der Waals surface area contributed by atoms with Crippen molar-refractivity contribution >= 4 is 46.3 Å². The largest absolute Gasteiger partial charge is 0.384 e. The first-order valence-electron chi connectivity index (χ1n) is 25.4. The first kappa shape index (κ1) is 50.9. The molecule has 14 nitrogen and oxygen atoms in total. The van der Waals surface area contributed by atoms with Gasteiger partial charge in [0.25, 0.3) is 0 Å². The molecule has 1 saturated heterocycles. The molecule has 7 rings (SSSR count). The molecule has 0 radical (unpaired) electrons. The van der Waals surface area contributed by atoms with Crippen LogP contribution in [0.5, 0.6) is 0 Å². The van der Waals surface area contributed by atoms with E-state index in [0.29, 0.717) is 45.2 Å². The number of aromatic nitrogens is 1. The van der Waals surface area contributed by atoms with Crippen LogP contribution >= 0.6 is 0 Å². The molecule has 6 unspecified atom stereocenters. The molecule has 1 aliphatic carbocycles. The van der Waals surface area contributed by atoms with Gasteiger partial charge in [0.15, 0.2) is 0 Å². The maximum Gasteiger partial charge on any atom is 0.243 e. The van der Waals surface area contributed by atoms with Gasteiger partial charge in [-0.2, -0.15) is 0 Å². The minimum Gasteiger partial charge on any atom is -0.384 e. The number of fused-ring (bicyclic) bond motifs is 2. The van der Waals surface area contributed by atoms with Crippen molar-refractivity contribution in [3.63, 3.8) is 0 Å². The van der Waals surface area contributed by atoms with Crippen LogP contribution in [-0.2, 0) is 48.0 Å². The summed E-state index contributed by atoms with van der Waals surface area (Å²) in [5.41, 5.74) is 4.60. The lowest BCUT2D eigenvalue weighted by molar-refractivity contribution is -0.132. The van der Waals surface area contributed by atoms with E-state index < -0.39 is 36.0 Å². The van der Waals surface area contributed by atoms with Gasteiger partial charge in [-0.15, -0.1) is 0 Å². The zero-order valence-corrected chi connectivity index (χ0v) is 40.2. The number of allylic oxidation sites excluding steroid dienone is 2. The topological polar surface area (TPSA) is 202 Å². The van der Waals surface area contributed by atoms with Crippen molar-refractivity contribution in [3.05, 3.63) is 144 Å². The summed E-state index contributed by atoms with van der Waals surface area (Å²) in [6, 6.07) is 23.4. The number of benzene rings is 3. The number of nitrogens with one attached hydrogen (secondary N) is 8. The van der Waals surface area contributed by atoms with Crippen molar-refractivity contribution in [2.45, 2.75) is 133 Å². The molecule has 0 bridgehead atoms.